The molecule has 7 nitrogen and oxygen atoms in total. The molecule has 0 saturated carbocycles. The lowest BCUT2D eigenvalue weighted by Gasteiger charge is -2.23. The first-order valence-corrected chi connectivity index (χ1v) is 12.4. The van der Waals surface area contributed by atoms with Crippen molar-refractivity contribution in [2.24, 2.45) is 0 Å². The number of para-hydroxylation sites is 2. The van der Waals surface area contributed by atoms with Crippen LogP contribution in [0.2, 0.25) is 0 Å². The number of anilines is 3. The molecule has 2 atom stereocenters. The SMILES string of the molecule is Nc1ccccc1NC(=O)C=Cc1ccc(C(CN2CC[C@H](O)C2)C(=O)Nc2ccc(C(F)(F)F)cc2)cc1. The van der Waals surface area contributed by atoms with Crippen molar-refractivity contribution in [1.29, 1.82) is 0 Å². The number of hydrogen-bond donors (Lipinski definition) is 4. The maximum Gasteiger partial charge on any atom is 0.416 e. The Kier molecular flexibility index (Phi) is 8.68. The Morgan fingerprint density at radius 1 is 1.03 bits per heavy atom. The fraction of sp³-hybridized carbons (Fsp3) is 0.241. The highest BCUT2D eigenvalue weighted by atomic mass is 19.4. The Morgan fingerprint density at radius 2 is 1.72 bits per heavy atom. The molecule has 0 aromatic heterocycles. The summed E-state index contributed by atoms with van der Waals surface area (Å²) in [6, 6.07) is 18.3. The van der Waals surface area contributed by atoms with Gasteiger partial charge in [0.15, 0.2) is 0 Å². The first-order valence-electron chi connectivity index (χ1n) is 12.4. The number of halogens is 3. The highest BCUT2D eigenvalue weighted by Gasteiger charge is 2.31. The van der Waals surface area contributed by atoms with E-state index in [0.717, 1.165) is 17.7 Å². The van der Waals surface area contributed by atoms with Gasteiger partial charge in [-0.25, -0.2) is 0 Å². The number of nitrogens with one attached hydrogen (secondary N) is 2. The highest BCUT2D eigenvalue weighted by molar-refractivity contribution is 6.03. The van der Waals surface area contributed by atoms with Gasteiger partial charge in [-0.2, -0.15) is 13.2 Å². The zero-order valence-electron chi connectivity index (χ0n) is 21.0. The molecule has 5 N–H and O–H groups in total. The van der Waals surface area contributed by atoms with Crippen LogP contribution in [0.5, 0.6) is 0 Å². The highest BCUT2D eigenvalue weighted by Crippen LogP contribution is 2.30. The van der Waals surface area contributed by atoms with E-state index < -0.39 is 23.8 Å². The Bertz CT molecular complexity index is 1320. The number of carbonyl (C=O) groups is 2. The maximum absolute atomic E-state index is 13.3. The second-order valence-corrected chi connectivity index (χ2v) is 9.40. The third-order valence-corrected chi connectivity index (χ3v) is 6.47. The number of nitrogen functional groups attached to an aromatic ring is 1. The van der Waals surface area contributed by atoms with Crippen molar-refractivity contribution in [1.82, 2.24) is 4.90 Å². The average Bonchev–Trinajstić information content (AvgIpc) is 3.32. The molecular formula is C29H29F3N4O3. The molecular weight excluding hydrogens is 509 g/mol. The molecule has 1 saturated heterocycles. The maximum atomic E-state index is 13.3. The van der Waals surface area contributed by atoms with E-state index in [1.54, 1.807) is 54.6 Å². The molecule has 0 aliphatic carbocycles. The van der Waals surface area contributed by atoms with Crippen molar-refractivity contribution in [3.05, 3.63) is 95.6 Å². The summed E-state index contributed by atoms with van der Waals surface area (Å²) in [6.45, 7) is 1.40. The first-order chi connectivity index (χ1) is 18.6. The van der Waals surface area contributed by atoms with E-state index in [0.29, 0.717) is 43.0 Å². The number of aliphatic hydroxyl groups excluding tert-OH is 1. The lowest BCUT2D eigenvalue weighted by molar-refractivity contribution is -0.137. The number of benzene rings is 3. The van der Waals surface area contributed by atoms with Crippen LogP contribution in [0.3, 0.4) is 0 Å². The van der Waals surface area contributed by atoms with Crippen LogP contribution in [0.15, 0.2) is 78.9 Å². The average molecular weight is 539 g/mol. The van der Waals surface area contributed by atoms with Crippen LogP contribution >= 0.6 is 0 Å². The van der Waals surface area contributed by atoms with Gasteiger partial charge in [0.25, 0.3) is 0 Å². The van der Waals surface area contributed by atoms with Crippen molar-refractivity contribution in [3.8, 4) is 0 Å². The fourth-order valence-electron chi connectivity index (χ4n) is 4.34. The van der Waals surface area contributed by atoms with E-state index in [1.165, 1.54) is 18.2 Å². The predicted octanol–water partition coefficient (Wildman–Crippen LogP) is 4.73. The van der Waals surface area contributed by atoms with E-state index in [4.69, 9.17) is 5.73 Å². The van der Waals surface area contributed by atoms with Crippen LogP contribution in [0.25, 0.3) is 6.08 Å². The quantitative estimate of drug-likeness (QED) is 0.245. The summed E-state index contributed by atoms with van der Waals surface area (Å²) in [7, 11) is 0. The molecule has 0 bridgehead atoms. The van der Waals surface area contributed by atoms with Gasteiger partial charge in [0, 0.05) is 31.4 Å². The molecule has 1 fully saturated rings. The molecule has 4 rings (SSSR count). The molecule has 1 aliphatic heterocycles. The van der Waals surface area contributed by atoms with Gasteiger partial charge in [0.1, 0.15) is 0 Å². The van der Waals surface area contributed by atoms with E-state index in [1.807, 2.05) is 4.90 Å². The second kappa shape index (κ2) is 12.1. The molecule has 204 valence electrons. The number of hydrogen-bond acceptors (Lipinski definition) is 5. The van der Waals surface area contributed by atoms with Gasteiger partial charge in [0.2, 0.25) is 11.8 Å². The van der Waals surface area contributed by atoms with Gasteiger partial charge in [-0.3, -0.25) is 14.5 Å². The number of rotatable bonds is 8. The van der Waals surface area contributed by atoms with Crippen molar-refractivity contribution in [2.75, 3.05) is 36.0 Å². The number of alkyl halides is 3. The largest absolute Gasteiger partial charge is 0.416 e. The summed E-state index contributed by atoms with van der Waals surface area (Å²) in [5.74, 6) is -1.36. The Hall–Kier alpha value is -4.15. The summed E-state index contributed by atoms with van der Waals surface area (Å²) >= 11 is 0. The van der Waals surface area contributed by atoms with Gasteiger partial charge < -0.3 is 21.5 Å². The minimum absolute atomic E-state index is 0.254. The summed E-state index contributed by atoms with van der Waals surface area (Å²) < 4.78 is 38.7. The topological polar surface area (TPSA) is 108 Å². The summed E-state index contributed by atoms with van der Waals surface area (Å²) in [4.78, 5) is 27.5. The van der Waals surface area contributed by atoms with Gasteiger partial charge in [0.05, 0.1) is 29.0 Å². The molecule has 1 heterocycles. The van der Waals surface area contributed by atoms with Crippen LogP contribution in [0, 0.1) is 0 Å². The molecule has 3 aromatic rings. The predicted molar refractivity (Wildman–Crippen MR) is 145 cm³/mol. The zero-order valence-corrected chi connectivity index (χ0v) is 21.0. The second-order valence-electron chi connectivity index (χ2n) is 9.40. The lowest BCUT2D eigenvalue weighted by Crippen LogP contribution is -2.33. The van der Waals surface area contributed by atoms with Crippen molar-refractivity contribution < 1.29 is 27.9 Å². The monoisotopic (exact) mass is 538 g/mol. The normalized spacial score (nSPS) is 16.8. The summed E-state index contributed by atoms with van der Waals surface area (Å²) in [5, 5.41) is 15.3. The number of β-amino-alcohol motifs (C(OH)–C–C–N with tert-alkyl or cyclic N) is 1. The van der Waals surface area contributed by atoms with Gasteiger partial charge in [-0.1, -0.05) is 36.4 Å². The van der Waals surface area contributed by atoms with Crippen molar-refractivity contribution in [3.63, 3.8) is 0 Å². The van der Waals surface area contributed by atoms with Crippen LogP contribution in [0.4, 0.5) is 30.2 Å². The molecule has 0 radical (unpaired) electrons. The Balaban J connectivity index is 1.46. The number of carbonyl (C=O) groups excluding carboxylic acids is 2. The van der Waals surface area contributed by atoms with E-state index in [2.05, 4.69) is 10.6 Å². The molecule has 2 amide bonds. The van der Waals surface area contributed by atoms with Gasteiger partial charge >= 0.3 is 6.18 Å². The number of aliphatic hydroxyl groups is 1. The Morgan fingerprint density at radius 3 is 2.33 bits per heavy atom. The van der Waals surface area contributed by atoms with Crippen LogP contribution in [0.1, 0.15) is 29.0 Å². The summed E-state index contributed by atoms with van der Waals surface area (Å²) in [5.41, 5.74) is 7.69. The molecule has 39 heavy (non-hydrogen) atoms. The van der Waals surface area contributed by atoms with Crippen molar-refractivity contribution >= 4 is 35.0 Å². The minimum atomic E-state index is -4.46. The van der Waals surface area contributed by atoms with E-state index in [9.17, 15) is 27.9 Å². The van der Waals surface area contributed by atoms with Crippen molar-refractivity contribution in [2.45, 2.75) is 24.6 Å². The molecule has 3 aromatic carbocycles. The molecule has 10 heteroatoms. The fourth-order valence-corrected chi connectivity index (χ4v) is 4.34. The van der Waals surface area contributed by atoms with Crippen LogP contribution in [-0.4, -0.2) is 47.6 Å². The van der Waals surface area contributed by atoms with Gasteiger partial charge in [-0.05, 0) is 60.0 Å². The number of nitrogens with two attached hydrogens (primary N) is 1. The van der Waals surface area contributed by atoms with Crippen LogP contribution < -0.4 is 16.4 Å². The van der Waals surface area contributed by atoms with E-state index in [-0.39, 0.29) is 17.5 Å². The third kappa shape index (κ3) is 7.68. The number of likely N-dealkylation sites (tertiary alicyclic amines) is 1. The third-order valence-electron chi connectivity index (χ3n) is 6.47. The standard InChI is InChI=1S/C29H29F3N4O3/c30-29(31,32)21-10-12-22(13-11-21)34-28(39)24(18-36-16-15-23(37)17-36)20-8-5-19(6-9-20)7-14-27(38)35-26-4-2-1-3-25(26)33/h1-14,23-24,37H,15-18,33H2,(H,34,39)(H,35,38)/t23-,24?/m0/s1. The zero-order chi connectivity index (χ0) is 28.0. The van der Waals surface area contributed by atoms with Gasteiger partial charge in [-0.15, -0.1) is 0 Å². The lowest BCUT2D eigenvalue weighted by atomic mass is 9.96. The van der Waals surface area contributed by atoms with E-state index >= 15 is 0 Å². The number of amides is 2. The minimum Gasteiger partial charge on any atom is -0.397 e. The molecule has 1 unspecified atom stereocenters. The smallest absolute Gasteiger partial charge is 0.397 e. The Labute approximate surface area is 224 Å². The van der Waals surface area contributed by atoms with Crippen LogP contribution in [-0.2, 0) is 15.8 Å². The summed E-state index contributed by atoms with van der Waals surface area (Å²) in [6.07, 6.45) is -1.32. The first kappa shape index (κ1) is 27.9. The molecule has 1 aliphatic rings. The molecule has 0 spiro atoms. The number of nitrogens with zero attached hydrogens (tertiary/aromatic N) is 1.